The molecule has 0 aromatic carbocycles. The molecule has 3 N–H and O–H groups in total. The Bertz CT molecular complexity index is 390. The Labute approximate surface area is 106 Å². The van der Waals surface area contributed by atoms with Gasteiger partial charge in [-0.3, -0.25) is 4.79 Å². The van der Waals surface area contributed by atoms with Crippen LogP contribution in [0.3, 0.4) is 0 Å². The summed E-state index contributed by atoms with van der Waals surface area (Å²) in [5.74, 6) is -1.38. The molecule has 0 aliphatic carbocycles. The third kappa shape index (κ3) is 2.55. The van der Waals surface area contributed by atoms with Gasteiger partial charge in [-0.05, 0) is 27.7 Å². The number of urea groups is 1. The molecule has 1 aliphatic rings. The molecular formula is C11H19N3O4. The van der Waals surface area contributed by atoms with Crippen LogP contribution in [0.15, 0.2) is 0 Å². The number of carboxylic acids is 1. The fourth-order valence-corrected chi connectivity index (χ4v) is 1.64. The minimum atomic E-state index is -1.37. The van der Waals surface area contributed by atoms with Gasteiger partial charge in [-0.25, -0.2) is 9.59 Å². The highest BCUT2D eigenvalue weighted by atomic mass is 16.4. The molecule has 0 atom stereocenters. The van der Waals surface area contributed by atoms with Crippen molar-refractivity contribution in [3.05, 3.63) is 0 Å². The minimum Gasteiger partial charge on any atom is -0.480 e. The lowest BCUT2D eigenvalue weighted by Crippen LogP contribution is -2.67. The molecule has 7 heteroatoms. The molecule has 0 aromatic rings. The summed E-state index contributed by atoms with van der Waals surface area (Å²) in [6.07, 6.45) is 0. The van der Waals surface area contributed by atoms with E-state index in [4.69, 9.17) is 5.11 Å². The zero-order valence-corrected chi connectivity index (χ0v) is 11.0. The normalized spacial score (nSPS) is 19.1. The van der Waals surface area contributed by atoms with Crippen LogP contribution in [0.25, 0.3) is 0 Å². The fraction of sp³-hybridized carbons (Fsp3) is 0.727. The number of aliphatic carboxylic acids is 1. The van der Waals surface area contributed by atoms with Crippen molar-refractivity contribution >= 4 is 17.9 Å². The first-order chi connectivity index (χ1) is 8.09. The molecule has 0 aromatic heterocycles. The summed E-state index contributed by atoms with van der Waals surface area (Å²) in [4.78, 5) is 36.0. The predicted octanol–water partition coefficient (Wildman–Crippen LogP) is -0.230. The number of carboxylic acid groups (broad SMARTS) is 1. The van der Waals surface area contributed by atoms with Crippen molar-refractivity contribution in [2.24, 2.45) is 0 Å². The molecular weight excluding hydrogens is 238 g/mol. The Kier molecular flexibility index (Phi) is 3.54. The average molecular weight is 257 g/mol. The molecule has 0 saturated carbocycles. The largest absolute Gasteiger partial charge is 0.480 e. The van der Waals surface area contributed by atoms with Gasteiger partial charge in [0.2, 0.25) is 5.91 Å². The second-order valence-corrected chi connectivity index (χ2v) is 5.33. The number of hydrogen-bond acceptors (Lipinski definition) is 3. The predicted molar refractivity (Wildman–Crippen MR) is 64.0 cm³/mol. The van der Waals surface area contributed by atoms with Gasteiger partial charge in [-0.1, -0.05) is 0 Å². The third-order valence-electron chi connectivity index (χ3n) is 3.05. The molecule has 1 heterocycles. The third-order valence-corrected chi connectivity index (χ3v) is 3.05. The standard InChI is InChI=1S/C11H19N3O4/c1-10(2,8(16)17)13-9(18)14-6-5-12-7(15)11(14,3)4/h5-6H2,1-4H3,(H,12,15)(H,13,18)(H,16,17). The lowest BCUT2D eigenvalue weighted by Gasteiger charge is -2.42. The number of carbonyl (C=O) groups excluding carboxylic acids is 2. The van der Waals surface area contributed by atoms with Crippen molar-refractivity contribution in [2.45, 2.75) is 38.8 Å². The van der Waals surface area contributed by atoms with Gasteiger partial charge >= 0.3 is 12.0 Å². The smallest absolute Gasteiger partial charge is 0.328 e. The molecule has 1 rings (SSSR count). The second-order valence-electron chi connectivity index (χ2n) is 5.33. The van der Waals surface area contributed by atoms with Gasteiger partial charge in [-0.2, -0.15) is 0 Å². The summed E-state index contributed by atoms with van der Waals surface area (Å²) in [7, 11) is 0. The average Bonchev–Trinajstić information content (AvgIpc) is 2.20. The van der Waals surface area contributed by atoms with Crippen LogP contribution in [-0.2, 0) is 9.59 Å². The van der Waals surface area contributed by atoms with E-state index in [1.165, 1.54) is 18.7 Å². The van der Waals surface area contributed by atoms with Gasteiger partial charge in [-0.15, -0.1) is 0 Å². The maximum Gasteiger partial charge on any atom is 0.328 e. The number of carbonyl (C=O) groups is 3. The lowest BCUT2D eigenvalue weighted by molar-refractivity contribution is -0.143. The van der Waals surface area contributed by atoms with E-state index in [1.807, 2.05) is 0 Å². The van der Waals surface area contributed by atoms with E-state index in [9.17, 15) is 14.4 Å². The first kappa shape index (κ1) is 14.3. The lowest BCUT2D eigenvalue weighted by atomic mass is 9.99. The number of rotatable bonds is 2. The quantitative estimate of drug-likeness (QED) is 0.636. The van der Waals surface area contributed by atoms with E-state index in [2.05, 4.69) is 10.6 Å². The van der Waals surface area contributed by atoms with E-state index >= 15 is 0 Å². The van der Waals surface area contributed by atoms with Crippen molar-refractivity contribution in [3.63, 3.8) is 0 Å². The first-order valence-corrected chi connectivity index (χ1v) is 5.70. The summed E-state index contributed by atoms with van der Waals surface area (Å²) in [5.41, 5.74) is -2.36. The number of nitrogens with one attached hydrogen (secondary N) is 2. The van der Waals surface area contributed by atoms with Gasteiger partial charge in [0.05, 0.1) is 0 Å². The maximum absolute atomic E-state index is 12.1. The topological polar surface area (TPSA) is 98.7 Å². The Morgan fingerprint density at radius 2 is 2.00 bits per heavy atom. The Morgan fingerprint density at radius 3 is 2.50 bits per heavy atom. The summed E-state index contributed by atoms with van der Waals surface area (Å²) >= 11 is 0. The van der Waals surface area contributed by atoms with Crippen LogP contribution in [0, 0.1) is 0 Å². The van der Waals surface area contributed by atoms with Gasteiger partial charge in [0.15, 0.2) is 0 Å². The van der Waals surface area contributed by atoms with Crippen molar-refractivity contribution in [1.29, 1.82) is 0 Å². The van der Waals surface area contributed by atoms with Crippen LogP contribution in [-0.4, -0.2) is 52.1 Å². The number of nitrogens with zero attached hydrogens (tertiary/aromatic N) is 1. The molecule has 1 fully saturated rings. The Balaban J connectivity index is 2.84. The fourth-order valence-electron chi connectivity index (χ4n) is 1.64. The number of hydrogen-bond donors (Lipinski definition) is 3. The zero-order chi connectivity index (χ0) is 14.1. The van der Waals surface area contributed by atoms with E-state index in [1.54, 1.807) is 13.8 Å². The van der Waals surface area contributed by atoms with Gasteiger partial charge in [0.1, 0.15) is 11.1 Å². The SMILES string of the molecule is CC(C)(NC(=O)N1CCNC(=O)C1(C)C)C(=O)O. The van der Waals surface area contributed by atoms with E-state index in [-0.39, 0.29) is 5.91 Å². The summed E-state index contributed by atoms with van der Waals surface area (Å²) in [6.45, 7) is 6.74. The van der Waals surface area contributed by atoms with E-state index in [0.717, 1.165) is 0 Å². The van der Waals surface area contributed by atoms with Crippen LogP contribution in [0.5, 0.6) is 0 Å². The second kappa shape index (κ2) is 4.47. The van der Waals surface area contributed by atoms with Gasteiger partial charge < -0.3 is 20.6 Å². The van der Waals surface area contributed by atoms with Gasteiger partial charge in [0, 0.05) is 13.1 Å². The van der Waals surface area contributed by atoms with Crippen molar-refractivity contribution in [2.75, 3.05) is 13.1 Å². The molecule has 102 valence electrons. The maximum atomic E-state index is 12.1. The van der Waals surface area contributed by atoms with Crippen LogP contribution < -0.4 is 10.6 Å². The number of piperazine rings is 1. The zero-order valence-electron chi connectivity index (χ0n) is 11.0. The van der Waals surface area contributed by atoms with Crippen molar-refractivity contribution in [3.8, 4) is 0 Å². The molecule has 7 nitrogen and oxygen atoms in total. The Hall–Kier alpha value is -1.79. The molecule has 0 unspecified atom stereocenters. The van der Waals surface area contributed by atoms with Gasteiger partial charge in [0.25, 0.3) is 0 Å². The molecule has 0 bridgehead atoms. The first-order valence-electron chi connectivity index (χ1n) is 5.70. The van der Waals surface area contributed by atoms with E-state index < -0.39 is 23.1 Å². The summed E-state index contributed by atoms with van der Waals surface area (Å²) in [6, 6.07) is -0.553. The van der Waals surface area contributed by atoms with Crippen LogP contribution in [0.1, 0.15) is 27.7 Å². The molecule has 0 spiro atoms. The molecule has 1 aliphatic heterocycles. The van der Waals surface area contributed by atoms with Crippen LogP contribution in [0.4, 0.5) is 4.79 Å². The van der Waals surface area contributed by atoms with E-state index in [0.29, 0.717) is 13.1 Å². The summed E-state index contributed by atoms with van der Waals surface area (Å²) in [5, 5.41) is 14.0. The minimum absolute atomic E-state index is 0.253. The molecule has 0 radical (unpaired) electrons. The Morgan fingerprint density at radius 1 is 1.44 bits per heavy atom. The molecule has 18 heavy (non-hydrogen) atoms. The molecule has 3 amide bonds. The monoisotopic (exact) mass is 257 g/mol. The highest BCUT2D eigenvalue weighted by Crippen LogP contribution is 2.18. The highest BCUT2D eigenvalue weighted by molar-refractivity contribution is 5.93. The number of amides is 3. The van der Waals surface area contributed by atoms with Crippen LogP contribution >= 0.6 is 0 Å². The highest BCUT2D eigenvalue weighted by Gasteiger charge is 2.42. The molecule has 1 saturated heterocycles. The summed E-state index contributed by atoms with van der Waals surface area (Å²) < 4.78 is 0. The van der Waals surface area contributed by atoms with Crippen LogP contribution in [0.2, 0.25) is 0 Å². The van der Waals surface area contributed by atoms with Crippen molar-refractivity contribution < 1.29 is 19.5 Å². The van der Waals surface area contributed by atoms with Crippen molar-refractivity contribution in [1.82, 2.24) is 15.5 Å².